The molecule has 1 N–H and O–H groups in total. The van der Waals surface area contributed by atoms with E-state index in [0.717, 1.165) is 36.1 Å². The molecule has 0 bridgehead atoms. The van der Waals surface area contributed by atoms with Crippen molar-refractivity contribution in [3.8, 4) is 0 Å². The van der Waals surface area contributed by atoms with Crippen molar-refractivity contribution in [2.24, 2.45) is 5.92 Å². The molecule has 1 aromatic carbocycles. The van der Waals surface area contributed by atoms with E-state index in [4.69, 9.17) is 5.11 Å². The first-order valence-corrected chi connectivity index (χ1v) is 6.94. The number of carboxylic acids is 1. The second-order valence-electron chi connectivity index (χ2n) is 5.50. The molecule has 1 aliphatic rings. The van der Waals surface area contributed by atoms with Crippen LogP contribution in [0.15, 0.2) is 30.3 Å². The molecule has 1 fully saturated rings. The fourth-order valence-electron chi connectivity index (χ4n) is 2.94. The zero-order valence-corrected chi connectivity index (χ0v) is 11.5. The fraction of sp³-hybridized carbons (Fsp3) is 0.375. The van der Waals surface area contributed by atoms with Gasteiger partial charge >= 0.3 is 5.97 Å². The van der Waals surface area contributed by atoms with Gasteiger partial charge in [-0.05, 0) is 37.6 Å². The molecular formula is C16H18N2O2. The maximum atomic E-state index is 11.0. The van der Waals surface area contributed by atoms with Gasteiger partial charge in [-0.15, -0.1) is 0 Å². The summed E-state index contributed by atoms with van der Waals surface area (Å²) in [6.07, 6.45) is 0.747. The number of para-hydroxylation sites is 1. The van der Waals surface area contributed by atoms with Crippen LogP contribution in [0.4, 0.5) is 0 Å². The van der Waals surface area contributed by atoms with Crippen molar-refractivity contribution in [2.45, 2.75) is 19.9 Å². The van der Waals surface area contributed by atoms with Gasteiger partial charge in [0.2, 0.25) is 0 Å². The van der Waals surface area contributed by atoms with Crippen LogP contribution in [0.2, 0.25) is 0 Å². The number of aryl methyl sites for hydroxylation is 1. The van der Waals surface area contributed by atoms with Crippen LogP contribution < -0.4 is 0 Å². The number of fused-ring (bicyclic) bond motifs is 1. The van der Waals surface area contributed by atoms with Crippen molar-refractivity contribution in [3.63, 3.8) is 0 Å². The number of aromatic nitrogens is 1. The van der Waals surface area contributed by atoms with E-state index in [0.29, 0.717) is 6.54 Å². The molecule has 1 atom stereocenters. The Morgan fingerprint density at radius 3 is 3.00 bits per heavy atom. The summed E-state index contributed by atoms with van der Waals surface area (Å²) in [6.45, 7) is 4.30. The van der Waals surface area contributed by atoms with Crippen molar-refractivity contribution in [3.05, 3.63) is 41.6 Å². The molecule has 1 aromatic heterocycles. The summed E-state index contributed by atoms with van der Waals surface area (Å²) in [5, 5.41) is 10.2. The first-order valence-electron chi connectivity index (χ1n) is 6.94. The molecule has 0 aliphatic carbocycles. The van der Waals surface area contributed by atoms with Crippen LogP contribution in [0.5, 0.6) is 0 Å². The lowest BCUT2D eigenvalue weighted by Crippen LogP contribution is -2.23. The van der Waals surface area contributed by atoms with E-state index in [1.807, 2.05) is 25.1 Å². The fourth-order valence-corrected chi connectivity index (χ4v) is 2.94. The number of benzene rings is 1. The first kappa shape index (κ1) is 13.1. The van der Waals surface area contributed by atoms with Gasteiger partial charge in [0.1, 0.15) is 0 Å². The molecule has 3 rings (SSSR count). The maximum Gasteiger partial charge on any atom is 0.307 e. The Bertz CT molecular complexity index is 654. The number of rotatable bonds is 3. The standard InChI is InChI=1S/C16H18N2O2/c1-11-8-13(14-4-2-3-5-15(14)17-11)10-18-7-6-12(9-18)16(19)20/h2-5,8,12H,6-7,9-10H2,1H3,(H,19,20). The van der Waals surface area contributed by atoms with Gasteiger partial charge in [-0.3, -0.25) is 14.7 Å². The second-order valence-corrected chi connectivity index (χ2v) is 5.50. The highest BCUT2D eigenvalue weighted by molar-refractivity contribution is 5.82. The lowest BCUT2D eigenvalue weighted by atomic mass is 10.1. The maximum absolute atomic E-state index is 11.0. The van der Waals surface area contributed by atoms with Crippen molar-refractivity contribution >= 4 is 16.9 Å². The molecule has 4 nitrogen and oxygen atoms in total. The van der Waals surface area contributed by atoms with Crippen LogP contribution in [-0.4, -0.2) is 34.0 Å². The third-order valence-corrected chi connectivity index (χ3v) is 3.95. The van der Waals surface area contributed by atoms with Gasteiger partial charge in [-0.25, -0.2) is 0 Å². The monoisotopic (exact) mass is 270 g/mol. The molecule has 1 unspecified atom stereocenters. The molecule has 0 saturated carbocycles. The van der Waals surface area contributed by atoms with E-state index < -0.39 is 5.97 Å². The Morgan fingerprint density at radius 1 is 1.45 bits per heavy atom. The van der Waals surface area contributed by atoms with Crippen LogP contribution in [0, 0.1) is 12.8 Å². The van der Waals surface area contributed by atoms with E-state index >= 15 is 0 Å². The first-order chi connectivity index (χ1) is 9.63. The Hall–Kier alpha value is -1.94. The predicted octanol–water partition coefficient (Wildman–Crippen LogP) is 2.45. The van der Waals surface area contributed by atoms with E-state index in [-0.39, 0.29) is 5.92 Å². The molecule has 2 aromatic rings. The minimum absolute atomic E-state index is 0.218. The number of carboxylic acid groups (broad SMARTS) is 1. The number of aliphatic carboxylic acids is 1. The summed E-state index contributed by atoms with van der Waals surface area (Å²) in [4.78, 5) is 17.8. The lowest BCUT2D eigenvalue weighted by Gasteiger charge is -2.17. The van der Waals surface area contributed by atoms with Crippen molar-refractivity contribution < 1.29 is 9.90 Å². The third-order valence-electron chi connectivity index (χ3n) is 3.95. The SMILES string of the molecule is Cc1cc(CN2CCC(C(=O)O)C2)c2ccccc2n1. The van der Waals surface area contributed by atoms with Crippen molar-refractivity contribution in [1.82, 2.24) is 9.88 Å². The smallest absolute Gasteiger partial charge is 0.307 e. The average molecular weight is 270 g/mol. The van der Waals surface area contributed by atoms with E-state index in [9.17, 15) is 4.79 Å². The van der Waals surface area contributed by atoms with Gasteiger partial charge in [-0.2, -0.15) is 0 Å². The largest absolute Gasteiger partial charge is 0.481 e. The van der Waals surface area contributed by atoms with E-state index in [1.54, 1.807) is 0 Å². The molecule has 2 heterocycles. The quantitative estimate of drug-likeness (QED) is 0.930. The van der Waals surface area contributed by atoms with Crippen LogP contribution in [0.1, 0.15) is 17.7 Å². The number of likely N-dealkylation sites (tertiary alicyclic amines) is 1. The van der Waals surface area contributed by atoms with E-state index in [1.165, 1.54) is 5.56 Å². The number of pyridine rings is 1. The Balaban J connectivity index is 1.86. The zero-order chi connectivity index (χ0) is 14.1. The van der Waals surface area contributed by atoms with Gasteiger partial charge in [-0.1, -0.05) is 18.2 Å². The zero-order valence-electron chi connectivity index (χ0n) is 11.5. The highest BCUT2D eigenvalue weighted by atomic mass is 16.4. The molecule has 0 amide bonds. The van der Waals surface area contributed by atoms with Gasteiger partial charge in [0.15, 0.2) is 0 Å². The van der Waals surface area contributed by atoms with Crippen molar-refractivity contribution in [1.29, 1.82) is 0 Å². The minimum atomic E-state index is -0.678. The molecule has 0 spiro atoms. The lowest BCUT2D eigenvalue weighted by molar-refractivity contribution is -0.141. The molecule has 1 saturated heterocycles. The molecular weight excluding hydrogens is 252 g/mol. The summed E-state index contributed by atoms with van der Waals surface area (Å²) in [5.41, 5.74) is 3.25. The number of nitrogens with zero attached hydrogens (tertiary/aromatic N) is 2. The Morgan fingerprint density at radius 2 is 2.25 bits per heavy atom. The number of hydrogen-bond donors (Lipinski definition) is 1. The molecule has 0 radical (unpaired) electrons. The summed E-state index contributed by atoms with van der Waals surface area (Å²) < 4.78 is 0. The Labute approximate surface area is 118 Å². The van der Waals surface area contributed by atoms with Gasteiger partial charge in [0.25, 0.3) is 0 Å². The van der Waals surface area contributed by atoms with E-state index in [2.05, 4.69) is 22.0 Å². The normalized spacial score (nSPS) is 19.6. The summed E-state index contributed by atoms with van der Waals surface area (Å²) in [7, 11) is 0. The molecule has 104 valence electrons. The predicted molar refractivity (Wildman–Crippen MR) is 77.5 cm³/mol. The summed E-state index contributed by atoms with van der Waals surface area (Å²) >= 11 is 0. The minimum Gasteiger partial charge on any atom is -0.481 e. The van der Waals surface area contributed by atoms with Gasteiger partial charge < -0.3 is 5.11 Å². The van der Waals surface area contributed by atoms with Crippen molar-refractivity contribution in [2.75, 3.05) is 13.1 Å². The van der Waals surface area contributed by atoms with Crippen LogP contribution >= 0.6 is 0 Å². The van der Waals surface area contributed by atoms with Crippen LogP contribution in [-0.2, 0) is 11.3 Å². The van der Waals surface area contributed by atoms with Gasteiger partial charge in [0.05, 0.1) is 11.4 Å². The molecule has 1 aliphatic heterocycles. The number of carbonyl (C=O) groups is 1. The average Bonchev–Trinajstić information content (AvgIpc) is 2.87. The summed E-state index contributed by atoms with van der Waals surface area (Å²) in [5.74, 6) is -0.896. The molecule has 20 heavy (non-hydrogen) atoms. The van der Waals surface area contributed by atoms with Gasteiger partial charge in [0, 0.05) is 24.2 Å². The summed E-state index contributed by atoms with van der Waals surface area (Å²) in [6, 6.07) is 10.2. The molecule has 4 heteroatoms. The highest BCUT2D eigenvalue weighted by Gasteiger charge is 2.28. The number of hydrogen-bond acceptors (Lipinski definition) is 3. The van der Waals surface area contributed by atoms with Crippen LogP contribution in [0.3, 0.4) is 0 Å². The topological polar surface area (TPSA) is 53.4 Å². The second kappa shape index (κ2) is 5.21. The third kappa shape index (κ3) is 2.51. The van der Waals surface area contributed by atoms with Crippen LogP contribution in [0.25, 0.3) is 10.9 Å². The highest BCUT2D eigenvalue weighted by Crippen LogP contribution is 2.23. The Kier molecular flexibility index (Phi) is 3.40.